The van der Waals surface area contributed by atoms with Crippen LogP contribution in [0, 0.1) is 21.7 Å². The fourth-order valence-corrected chi connectivity index (χ4v) is 2.93. The number of halogens is 5. The van der Waals surface area contributed by atoms with Crippen LogP contribution in [0.3, 0.4) is 0 Å². The second-order valence-electron chi connectivity index (χ2n) is 8.94. The highest BCUT2D eigenvalue weighted by Crippen LogP contribution is 2.63. The van der Waals surface area contributed by atoms with Crippen molar-refractivity contribution in [2.75, 3.05) is 0 Å². The minimum atomic E-state index is -4.97. The first-order chi connectivity index (χ1) is 8.71. The maximum absolute atomic E-state index is 14.8. The highest BCUT2D eigenvalue weighted by atomic mass is 19.4. The molecule has 21 heavy (non-hydrogen) atoms. The lowest BCUT2D eigenvalue weighted by Gasteiger charge is -2.53. The number of hydrogen-bond acceptors (Lipinski definition) is 0. The van der Waals surface area contributed by atoms with Crippen molar-refractivity contribution in [1.82, 2.24) is 0 Å². The lowest BCUT2D eigenvalue weighted by atomic mass is 9.55. The van der Waals surface area contributed by atoms with Crippen molar-refractivity contribution in [1.29, 1.82) is 0 Å². The van der Waals surface area contributed by atoms with E-state index in [4.69, 9.17) is 0 Å². The van der Waals surface area contributed by atoms with E-state index in [1.807, 2.05) is 20.8 Å². The van der Waals surface area contributed by atoms with Crippen LogP contribution in [-0.2, 0) is 0 Å². The molecule has 0 N–H and O–H groups in total. The van der Waals surface area contributed by atoms with Gasteiger partial charge in [-0.05, 0) is 31.1 Å². The van der Waals surface area contributed by atoms with Gasteiger partial charge in [0.15, 0.2) is 0 Å². The Labute approximate surface area is 125 Å². The van der Waals surface area contributed by atoms with Crippen molar-refractivity contribution in [3.8, 4) is 0 Å². The summed E-state index contributed by atoms with van der Waals surface area (Å²) < 4.78 is 69.0. The fraction of sp³-hybridized carbons (Fsp3) is 1.00. The van der Waals surface area contributed by atoms with E-state index in [1.54, 1.807) is 13.8 Å². The number of rotatable bonds is 4. The van der Waals surface area contributed by atoms with Gasteiger partial charge in [0, 0.05) is 5.41 Å². The van der Waals surface area contributed by atoms with Crippen molar-refractivity contribution >= 4 is 0 Å². The summed E-state index contributed by atoms with van der Waals surface area (Å²) in [6, 6.07) is 0. The van der Waals surface area contributed by atoms with Gasteiger partial charge in [-0.3, -0.25) is 0 Å². The zero-order valence-electron chi connectivity index (χ0n) is 14.6. The Bertz CT molecular complexity index is 367. The van der Waals surface area contributed by atoms with Crippen LogP contribution < -0.4 is 0 Å². The molecule has 0 aliphatic rings. The minimum Gasteiger partial charge on any atom is -0.205 e. The molecule has 0 aromatic heterocycles. The smallest absolute Gasteiger partial charge is 0.205 e. The van der Waals surface area contributed by atoms with E-state index < -0.39 is 28.3 Å². The maximum Gasteiger partial charge on any atom is 0.399 e. The van der Waals surface area contributed by atoms with Crippen LogP contribution >= 0.6 is 0 Å². The van der Waals surface area contributed by atoms with Gasteiger partial charge in [-0.1, -0.05) is 48.5 Å². The van der Waals surface area contributed by atoms with Gasteiger partial charge < -0.3 is 0 Å². The Kier molecular flexibility index (Phi) is 5.00. The lowest BCUT2D eigenvalue weighted by Crippen LogP contribution is -2.60. The Balaban J connectivity index is 5.89. The summed E-state index contributed by atoms with van der Waals surface area (Å²) in [6.07, 6.45) is -4.57. The molecule has 0 saturated carbocycles. The van der Waals surface area contributed by atoms with E-state index in [2.05, 4.69) is 0 Å². The molecule has 0 amide bonds. The van der Waals surface area contributed by atoms with Gasteiger partial charge in [0.2, 0.25) is 0 Å². The molecule has 0 nitrogen and oxygen atoms in total. The average Bonchev–Trinajstić information content (AvgIpc) is 2.10. The molecule has 0 heterocycles. The first kappa shape index (κ1) is 20.6. The molecule has 0 spiro atoms. The number of hydrogen-bond donors (Lipinski definition) is 0. The van der Waals surface area contributed by atoms with Gasteiger partial charge in [-0.2, -0.15) is 13.2 Å². The van der Waals surface area contributed by atoms with Crippen molar-refractivity contribution in [2.24, 2.45) is 21.7 Å². The average molecular weight is 316 g/mol. The summed E-state index contributed by atoms with van der Waals surface area (Å²) in [5.74, 6) is -3.90. The molecule has 128 valence electrons. The van der Waals surface area contributed by atoms with Gasteiger partial charge in [0.25, 0.3) is 5.92 Å². The largest absolute Gasteiger partial charge is 0.399 e. The molecule has 0 aliphatic carbocycles. The topological polar surface area (TPSA) is 0 Å². The second kappa shape index (κ2) is 5.09. The van der Waals surface area contributed by atoms with Gasteiger partial charge in [0.05, 0.1) is 0 Å². The van der Waals surface area contributed by atoms with E-state index in [1.165, 1.54) is 13.8 Å². The van der Waals surface area contributed by atoms with E-state index in [0.717, 1.165) is 0 Å². The van der Waals surface area contributed by atoms with Crippen molar-refractivity contribution < 1.29 is 22.0 Å². The summed E-state index contributed by atoms with van der Waals surface area (Å²) in [7, 11) is 0. The second-order valence-corrected chi connectivity index (χ2v) is 8.94. The third-order valence-electron chi connectivity index (χ3n) is 4.94. The van der Waals surface area contributed by atoms with Gasteiger partial charge in [-0.15, -0.1) is 0 Å². The SMILES string of the molecule is CC(C)(C)CC(C)(C)C(C)(C)C(F)(F)C(C)(C)C(F)(F)F. The minimum absolute atomic E-state index is 0.251. The van der Waals surface area contributed by atoms with E-state index >= 15 is 0 Å². The molecule has 0 rings (SSSR count). The Morgan fingerprint density at radius 3 is 1.14 bits per heavy atom. The normalized spacial score (nSPS) is 16.3. The summed E-state index contributed by atoms with van der Waals surface area (Å²) in [6.45, 7) is 12.6. The van der Waals surface area contributed by atoms with Crippen LogP contribution in [-0.4, -0.2) is 12.1 Å². The fourth-order valence-electron chi connectivity index (χ4n) is 2.93. The molecule has 5 heteroatoms. The van der Waals surface area contributed by atoms with Gasteiger partial charge in [-0.25, -0.2) is 8.78 Å². The summed E-state index contributed by atoms with van der Waals surface area (Å²) in [4.78, 5) is 0. The molecule has 0 aromatic carbocycles. The Morgan fingerprint density at radius 2 is 0.905 bits per heavy atom. The summed E-state index contributed by atoms with van der Waals surface area (Å²) >= 11 is 0. The van der Waals surface area contributed by atoms with Crippen LogP contribution in [0.5, 0.6) is 0 Å². The quantitative estimate of drug-likeness (QED) is 0.506. The first-order valence-electron chi connectivity index (χ1n) is 7.15. The van der Waals surface area contributed by atoms with E-state index in [0.29, 0.717) is 20.3 Å². The standard InChI is InChI=1S/C16H29F5/c1-11(2,3)10-12(4,5)13(6,7)15(17,18)14(8,9)16(19,20)21/h10H2,1-9H3. The molecular weight excluding hydrogens is 287 g/mol. The molecule has 0 unspecified atom stereocenters. The predicted octanol–water partition coefficient (Wildman–Crippen LogP) is 6.70. The molecule has 0 saturated heterocycles. The Morgan fingerprint density at radius 1 is 0.571 bits per heavy atom. The molecule has 0 bridgehead atoms. The maximum atomic E-state index is 14.8. The lowest BCUT2D eigenvalue weighted by molar-refractivity contribution is -0.327. The highest BCUT2D eigenvalue weighted by Gasteiger charge is 2.71. The third kappa shape index (κ3) is 3.53. The zero-order valence-corrected chi connectivity index (χ0v) is 14.6. The summed E-state index contributed by atoms with van der Waals surface area (Å²) in [5.41, 5.74) is -6.11. The van der Waals surface area contributed by atoms with Crippen molar-refractivity contribution in [3.05, 3.63) is 0 Å². The molecule has 0 atom stereocenters. The molecule has 0 aromatic rings. The van der Waals surface area contributed by atoms with E-state index in [9.17, 15) is 22.0 Å². The number of alkyl halides is 5. The molecule has 0 fully saturated rings. The predicted molar refractivity (Wildman–Crippen MR) is 76.4 cm³/mol. The van der Waals surface area contributed by atoms with Gasteiger partial charge in [0.1, 0.15) is 5.41 Å². The van der Waals surface area contributed by atoms with Crippen molar-refractivity contribution in [2.45, 2.75) is 80.8 Å². The molecule has 0 aliphatic heterocycles. The Hall–Kier alpha value is -0.350. The van der Waals surface area contributed by atoms with Crippen LogP contribution in [0.25, 0.3) is 0 Å². The van der Waals surface area contributed by atoms with Gasteiger partial charge >= 0.3 is 6.18 Å². The zero-order chi connectivity index (χ0) is 17.7. The van der Waals surface area contributed by atoms with Crippen LogP contribution in [0.15, 0.2) is 0 Å². The van der Waals surface area contributed by atoms with Crippen LogP contribution in [0.2, 0.25) is 0 Å². The van der Waals surface area contributed by atoms with Crippen molar-refractivity contribution in [3.63, 3.8) is 0 Å². The highest BCUT2D eigenvalue weighted by molar-refractivity contribution is 5.05. The molecule has 0 radical (unpaired) electrons. The third-order valence-corrected chi connectivity index (χ3v) is 4.94. The first-order valence-corrected chi connectivity index (χ1v) is 7.15. The monoisotopic (exact) mass is 316 g/mol. The van der Waals surface area contributed by atoms with E-state index in [-0.39, 0.29) is 5.41 Å². The van der Waals surface area contributed by atoms with Crippen LogP contribution in [0.4, 0.5) is 22.0 Å². The molecular formula is C16H29F5. The summed E-state index contributed by atoms with van der Waals surface area (Å²) in [5, 5.41) is 0. The van der Waals surface area contributed by atoms with Crippen LogP contribution in [0.1, 0.15) is 68.7 Å².